The first-order chi connectivity index (χ1) is 11.5. The third kappa shape index (κ3) is 2.30. The molecule has 3 unspecified atom stereocenters. The van der Waals surface area contributed by atoms with Gasteiger partial charge in [0, 0.05) is 23.7 Å². The molecule has 1 aliphatic heterocycles. The van der Waals surface area contributed by atoms with Crippen molar-refractivity contribution in [2.45, 2.75) is 32.2 Å². The molecular weight excluding hydrogens is 300 g/mol. The lowest BCUT2D eigenvalue weighted by atomic mass is 9.76. The molecule has 0 fully saturated rings. The number of fused-ring (bicyclic) bond motifs is 3. The Morgan fingerprint density at radius 1 is 1.17 bits per heavy atom. The van der Waals surface area contributed by atoms with E-state index in [9.17, 15) is 10.1 Å². The molecule has 1 heterocycles. The summed E-state index contributed by atoms with van der Waals surface area (Å²) in [6, 6.07) is 11.7. The van der Waals surface area contributed by atoms with Crippen molar-refractivity contribution in [2.24, 2.45) is 5.92 Å². The van der Waals surface area contributed by atoms with Crippen LogP contribution in [0.1, 0.15) is 40.6 Å². The smallest absolute Gasteiger partial charge is 0.269 e. The number of benzene rings is 2. The van der Waals surface area contributed by atoms with Gasteiger partial charge in [-0.1, -0.05) is 42.0 Å². The number of rotatable bonds is 2. The molecule has 2 aromatic rings. The molecule has 0 bridgehead atoms. The second-order valence-electron chi connectivity index (χ2n) is 6.87. The minimum atomic E-state index is -0.347. The average Bonchev–Trinajstić information content (AvgIpc) is 3.04. The summed E-state index contributed by atoms with van der Waals surface area (Å²) < 4.78 is 0. The fraction of sp³-hybridized carbons (Fsp3) is 0.300. The number of aryl methyl sites for hydroxylation is 2. The summed E-state index contributed by atoms with van der Waals surface area (Å²) in [6.07, 6.45) is 5.62. The lowest BCUT2D eigenvalue weighted by Gasteiger charge is -2.38. The molecule has 3 atom stereocenters. The third-order valence-corrected chi connectivity index (χ3v) is 5.27. The third-order valence-electron chi connectivity index (χ3n) is 5.27. The summed E-state index contributed by atoms with van der Waals surface area (Å²) in [5.74, 6) is 0.875. The Bertz CT molecular complexity index is 839. The highest BCUT2D eigenvalue weighted by molar-refractivity contribution is 5.65. The van der Waals surface area contributed by atoms with E-state index < -0.39 is 0 Å². The highest BCUT2D eigenvalue weighted by Crippen LogP contribution is 2.50. The molecule has 0 saturated carbocycles. The van der Waals surface area contributed by atoms with Crippen molar-refractivity contribution in [3.05, 3.63) is 80.9 Å². The maximum atomic E-state index is 10.9. The van der Waals surface area contributed by atoms with Crippen LogP contribution >= 0.6 is 0 Å². The van der Waals surface area contributed by atoms with E-state index >= 15 is 0 Å². The minimum absolute atomic E-state index is 0.142. The number of nitro groups is 1. The van der Waals surface area contributed by atoms with E-state index in [1.807, 2.05) is 12.1 Å². The fourth-order valence-corrected chi connectivity index (χ4v) is 4.21. The van der Waals surface area contributed by atoms with Crippen LogP contribution in [0, 0.1) is 29.9 Å². The van der Waals surface area contributed by atoms with E-state index in [4.69, 9.17) is 0 Å². The van der Waals surface area contributed by atoms with E-state index in [0.29, 0.717) is 11.8 Å². The molecule has 0 amide bonds. The topological polar surface area (TPSA) is 55.2 Å². The molecule has 4 heteroatoms. The number of nitrogens with one attached hydrogen (secondary N) is 1. The van der Waals surface area contributed by atoms with Crippen LogP contribution in [0.5, 0.6) is 0 Å². The largest absolute Gasteiger partial charge is 0.377 e. The molecule has 4 nitrogen and oxygen atoms in total. The van der Waals surface area contributed by atoms with Gasteiger partial charge < -0.3 is 5.32 Å². The Labute approximate surface area is 141 Å². The van der Waals surface area contributed by atoms with Crippen LogP contribution in [0.15, 0.2) is 48.6 Å². The number of anilines is 1. The quantitative estimate of drug-likeness (QED) is 0.479. The predicted molar refractivity (Wildman–Crippen MR) is 95.4 cm³/mol. The number of non-ortho nitro benzene ring substituents is 1. The van der Waals surface area contributed by atoms with Gasteiger partial charge in [-0.3, -0.25) is 10.1 Å². The van der Waals surface area contributed by atoms with Gasteiger partial charge in [-0.15, -0.1) is 0 Å². The standard InChI is InChI=1S/C20H20N2O2/c1-12-10-13(2)19-18(11-12)16-4-3-5-17(16)20(21-19)14-6-8-15(9-7-14)22(23)24/h3-4,6-11,16-17,20-21H,5H2,1-2H3. The summed E-state index contributed by atoms with van der Waals surface area (Å²) in [7, 11) is 0. The van der Waals surface area contributed by atoms with Gasteiger partial charge in [0.05, 0.1) is 11.0 Å². The summed E-state index contributed by atoms with van der Waals surface area (Å²) in [5, 5.41) is 14.6. The molecule has 2 aromatic carbocycles. The molecule has 122 valence electrons. The second kappa shape index (κ2) is 5.48. The zero-order chi connectivity index (χ0) is 16.8. The Balaban J connectivity index is 1.76. The molecule has 0 saturated heterocycles. The average molecular weight is 320 g/mol. The van der Waals surface area contributed by atoms with E-state index in [0.717, 1.165) is 12.0 Å². The first kappa shape index (κ1) is 14.9. The lowest BCUT2D eigenvalue weighted by Crippen LogP contribution is -2.29. The van der Waals surface area contributed by atoms with Gasteiger partial charge in [0.1, 0.15) is 0 Å². The highest BCUT2D eigenvalue weighted by Gasteiger charge is 2.38. The maximum Gasteiger partial charge on any atom is 0.269 e. The molecular formula is C20H20N2O2. The van der Waals surface area contributed by atoms with Crippen molar-refractivity contribution in [3.63, 3.8) is 0 Å². The van der Waals surface area contributed by atoms with Crippen molar-refractivity contribution in [1.82, 2.24) is 0 Å². The van der Waals surface area contributed by atoms with Crippen LogP contribution < -0.4 is 5.32 Å². The maximum absolute atomic E-state index is 10.9. The van der Waals surface area contributed by atoms with Crippen LogP contribution in [0.2, 0.25) is 0 Å². The molecule has 0 radical (unpaired) electrons. The van der Waals surface area contributed by atoms with E-state index in [-0.39, 0.29) is 16.7 Å². The Kier molecular flexibility index (Phi) is 3.41. The second-order valence-corrected chi connectivity index (χ2v) is 6.87. The molecule has 4 rings (SSSR count). The van der Waals surface area contributed by atoms with Gasteiger partial charge in [0.2, 0.25) is 0 Å². The van der Waals surface area contributed by atoms with Crippen molar-refractivity contribution in [2.75, 3.05) is 5.32 Å². The monoisotopic (exact) mass is 320 g/mol. The fourth-order valence-electron chi connectivity index (χ4n) is 4.21. The van der Waals surface area contributed by atoms with E-state index in [1.165, 1.54) is 22.4 Å². The number of allylic oxidation sites excluding steroid dienone is 2. The lowest BCUT2D eigenvalue weighted by molar-refractivity contribution is -0.384. The first-order valence-corrected chi connectivity index (χ1v) is 8.33. The normalized spacial score (nSPS) is 24.2. The molecule has 2 aliphatic rings. The van der Waals surface area contributed by atoms with Crippen LogP contribution in [-0.4, -0.2) is 4.92 Å². The van der Waals surface area contributed by atoms with Crippen LogP contribution in [-0.2, 0) is 0 Å². The number of hydrogen-bond donors (Lipinski definition) is 1. The van der Waals surface area contributed by atoms with Gasteiger partial charge >= 0.3 is 0 Å². The van der Waals surface area contributed by atoms with Crippen LogP contribution in [0.3, 0.4) is 0 Å². The van der Waals surface area contributed by atoms with Gasteiger partial charge in [0.25, 0.3) is 5.69 Å². The molecule has 0 spiro atoms. The SMILES string of the molecule is Cc1cc(C)c2c(c1)C1C=CCC1C(c1ccc([N+](=O)[O-])cc1)N2. The number of nitro benzene ring substituents is 1. The summed E-state index contributed by atoms with van der Waals surface area (Å²) in [5.41, 5.74) is 6.41. The van der Waals surface area contributed by atoms with E-state index in [1.54, 1.807) is 12.1 Å². The minimum Gasteiger partial charge on any atom is -0.377 e. The van der Waals surface area contributed by atoms with E-state index in [2.05, 4.69) is 43.4 Å². The molecule has 1 aliphatic carbocycles. The Hall–Kier alpha value is -2.62. The number of hydrogen-bond acceptors (Lipinski definition) is 3. The highest BCUT2D eigenvalue weighted by atomic mass is 16.6. The van der Waals surface area contributed by atoms with Gasteiger partial charge in [-0.25, -0.2) is 0 Å². The summed E-state index contributed by atoms with van der Waals surface area (Å²) >= 11 is 0. The van der Waals surface area contributed by atoms with Crippen molar-refractivity contribution in [1.29, 1.82) is 0 Å². The van der Waals surface area contributed by atoms with Gasteiger partial charge in [0.15, 0.2) is 0 Å². The summed E-state index contributed by atoms with van der Waals surface area (Å²) in [6.45, 7) is 4.29. The Morgan fingerprint density at radius 3 is 2.62 bits per heavy atom. The zero-order valence-corrected chi connectivity index (χ0v) is 13.8. The van der Waals surface area contributed by atoms with Crippen molar-refractivity contribution < 1.29 is 4.92 Å². The predicted octanol–water partition coefficient (Wildman–Crippen LogP) is 5.04. The molecule has 0 aromatic heterocycles. The van der Waals surface area contributed by atoms with Crippen molar-refractivity contribution in [3.8, 4) is 0 Å². The van der Waals surface area contributed by atoms with Gasteiger partial charge in [-0.05, 0) is 42.9 Å². The van der Waals surface area contributed by atoms with Crippen LogP contribution in [0.25, 0.3) is 0 Å². The Morgan fingerprint density at radius 2 is 1.92 bits per heavy atom. The number of nitrogens with zero attached hydrogens (tertiary/aromatic N) is 1. The zero-order valence-electron chi connectivity index (χ0n) is 13.8. The molecule has 24 heavy (non-hydrogen) atoms. The van der Waals surface area contributed by atoms with Crippen molar-refractivity contribution >= 4 is 11.4 Å². The molecule has 1 N–H and O–H groups in total. The first-order valence-electron chi connectivity index (χ1n) is 8.33. The van der Waals surface area contributed by atoms with Gasteiger partial charge in [-0.2, -0.15) is 0 Å². The van der Waals surface area contributed by atoms with Crippen LogP contribution in [0.4, 0.5) is 11.4 Å². The summed E-state index contributed by atoms with van der Waals surface area (Å²) in [4.78, 5) is 10.5.